The Hall–Kier alpha value is -2.24. The minimum atomic E-state index is -0.927. The van der Waals surface area contributed by atoms with E-state index in [4.69, 9.17) is 16.2 Å². The van der Waals surface area contributed by atoms with E-state index in [1.165, 1.54) is 24.2 Å². The average Bonchev–Trinajstić information content (AvgIpc) is 2.79. The molecule has 1 saturated carbocycles. The SMILES string of the molecule is CN1C(=O)C(COc2ccccc2N)(CC2CCCCC2)N=C1N. The number of nitrogens with two attached hydrogens (primary N) is 2. The van der Waals surface area contributed by atoms with E-state index in [1.807, 2.05) is 12.1 Å². The van der Waals surface area contributed by atoms with Crippen LogP contribution in [0.4, 0.5) is 5.69 Å². The summed E-state index contributed by atoms with van der Waals surface area (Å²) < 4.78 is 5.90. The lowest BCUT2D eigenvalue weighted by Gasteiger charge is -2.31. The van der Waals surface area contributed by atoms with Crippen molar-refractivity contribution in [3.05, 3.63) is 24.3 Å². The van der Waals surface area contributed by atoms with E-state index in [0.717, 1.165) is 12.8 Å². The van der Waals surface area contributed by atoms with Gasteiger partial charge in [0.2, 0.25) is 0 Å². The summed E-state index contributed by atoms with van der Waals surface area (Å²) in [6.07, 6.45) is 6.68. The van der Waals surface area contributed by atoms with Gasteiger partial charge in [-0.15, -0.1) is 0 Å². The molecule has 3 rings (SSSR count). The summed E-state index contributed by atoms with van der Waals surface area (Å²) in [6, 6.07) is 7.30. The smallest absolute Gasteiger partial charge is 0.260 e. The highest BCUT2D eigenvalue weighted by atomic mass is 16.5. The Kier molecular flexibility index (Phi) is 4.64. The van der Waals surface area contributed by atoms with Crippen molar-refractivity contribution in [3.63, 3.8) is 0 Å². The second-order valence-corrected chi connectivity index (χ2v) is 6.90. The Bertz CT molecular complexity index is 640. The van der Waals surface area contributed by atoms with Crippen molar-refractivity contribution in [2.45, 2.75) is 44.1 Å². The molecule has 1 aromatic rings. The van der Waals surface area contributed by atoms with E-state index in [1.54, 1.807) is 19.2 Å². The molecule has 0 aromatic heterocycles. The lowest BCUT2D eigenvalue weighted by atomic mass is 9.79. The van der Waals surface area contributed by atoms with Crippen LogP contribution in [0.2, 0.25) is 0 Å². The number of amides is 1. The zero-order chi connectivity index (χ0) is 17.2. The molecule has 1 heterocycles. The summed E-state index contributed by atoms with van der Waals surface area (Å²) in [6.45, 7) is 0.168. The number of guanidine groups is 1. The quantitative estimate of drug-likeness (QED) is 0.809. The first-order valence-corrected chi connectivity index (χ1v) is 8.63. The van der Waals surface area contributed by atoms with E-state index < -0.39 is 5.54 Å². The monoisotopic (exact) mass is 330 g/mol. The number of rotatable bonds is 5. The molecule has 1 aliphatic heterocycles. The fraction of sp³-hybridized carbons (Fsp3) is 0.556. The van der Waals surface area contributed by atoms with E-state index >= 15 is 0 Å². The van der Waals surface area contributed by atoms with Crippen molar-refractivity contribution in [1.29, 1.82) is 0 Å². The van der Waals surface area contributed by atoms with Crippen molar-refractivity contribution in [1.82, 2.24) is 4.90 Å². The molecule has 130 valence electrons. The standard InChI is InChI=1S/C18H26N4O2/c1-22-16(23)18(21-17(22)20,11-13-7-3-2-4-8-13)12-24-15-10-6-5-9-14(15)19/h5-6,9-10,13H,2-4,7-8,11-12,19H2,1H3,(H2,20,21). The first-order valence-electron chi connectivity index (χ1n) is 8.63. The summed E-state index contributed by atoms with van der Waals surface area (Å²) >= 11 is 0. The van der Waals surface area contributed by atoms with Crippen molar-refractivity contribution in [3.8, 4) is 5.75 Å². The second-order valence-electron chi connectivity index (χ2n) is 6.90. The second kappa shape index (κ2) is 6.71. The number of carbonyl (C=O) groups excluding carboxylic acids is 1. The molecule has 0 radical (unpaired) electrons. The van der Waals surface area contributed by atoms with Crippen LogP contribution in [0.5, 0.6) is 5.75 Å². The Morgan fingerprint density at radius 3 is 2.58 bits per heavy atom. The first-order chi connectivity index (χ1) is 11.5. The summed E-state index contributed by atoms with van der Waals surface area (Å²) in [5.41, 5.74) is 11.5. The van der Waals surface area contributed by atoms with Gasteiger partial charge in [-0.25, -0.2) is 4.99 Å². The third-order valence-electron chi connectivity index (χ3n) is 5.11. The number of ether oxygens (including phenoxy) is 1. The van der Waals surface area contributed by atoms with Gasteiger partial charge in [0.25, 0.3) is 5.91 Å². The Labute approximate surface area is 142 Å². The third-order valence-corrected chi connectivity index (χ3v) is 5.11. The molecule has 1 amide bonds. The van der Waals surface area contributed by atoms with Crippen LogP contribution in [-0.4, -0.2) is 36.0 Å². The van der Waals surface area contributed by atoms with Gasteiger partial charge in [-0.1, -0.05) is 44.2 Å². The van der Waals surface area contributed by atoms with Gasteiger partial charge in [-0.2, -0.15) is 0 Å². The summed E-state index contributed by atoms with van der Waals surface area (Å²) in [4.78, 5) is 18.8. The van der Waals surface area contributed by atoms with Gasteiger partial charge < -0.3 is 16.2 Å². The van der Waals surface area contributed by atoms with Crippen LogP contribution in [0.1, 0.15) is 38.5 Å². The van der Waals surface area contributed by atoms with Crippen LogP contribution >= 0.6 is 0 Å². The molecule has 0 bridgehead atoms. The van der Waals surface area contributed by atoms with Crippen LogP contribution in [0.15, 0.2) is 29.3 Å². The summed E-state index contributed by atoms with van der Waals surface area (Å²) in [5.74, 6) is 1.25. The van der Waals surface area contributed by atoms with E-state index in [2.05, 4.69) is 4.99 Å². The van der Waals surface area contributed by atoms with Gasteiger partial charge in [0.05, 0.1) is 5.69 Å². The van der Waals surface area contributed by atoms with Crippen LogP contribution in [0, 0.1) is 5.92 Å². The van der Waals surface area contributed by atoms with Crippen LogP contribution < -0.4 is 16.2 Å². The molecule has 1 aromatic carbocycles. The van der Waals surface area contributed by atoms with Gasteiger partial charge in [0.1, 0.15) is 12.4 Å². The lowest BCUT2D eigenvalue weighted by molar-refractivity contribution is -0.132. The number of nitrogen functional groups attached to an aromatic ring is 1. The highest BCUT2D eigenvalue weighted by molar-refractivity contribution is 6.06. The van der Waals surface area contributed by atoms with Crippen LogP contribution in [0.25, 0.3) is 0 Å². The molecule has 6 nitrogen and oxygen atoms in total. The fourth-order valence-corrected chi connectivity index (χ4v) is 3.72. The molecule has 4 N–H and O–H groups in total. The molecule has 2 aliphatic rings. The average molecular weight is 330 g/mol. The molecule has 24 heavy (non-hydrogen) atoms. The normalized spacial score (nSPS) is 25.0. The Morgan fingerprint density at radius 1 is 1.25 bits per heavy atom. The Balaban J connectivity index is 1.80. The molecule has 6 heteroatoms. The maximum atomic E-state index is 12.8. The zero-order valence-electron chi connectivity index (χ0n) is 14.2. The number of likely N-dealkylation sites (N-methyl/N-ethyl adjacent to an activating group) is 1. The molecule has 1 unspecified atom stereocenters. The lowest BCUT2D eigenvalue weighted by Crippen LogP contribution is -2.47. The van der Waals surface area contributed by atoms with Crippen molar-refractivity contribution in [2.24, 2.45) is 16.6 Å². The number of hydrogen-bond acceptors (Lipinski definition) is 5. The molecule has 1 aliphatic carbocycles. The largest absolute Gasteiger partial charge is 0.488 e. The van der Waals surface area contributed by atoms with Gasteiger partial charge in [-0.05, 0) is 24.5 Å². The fourth-order valence-electron chi connectivity index (χ4n) is 3.72. The molecule has 0 spiro atoms. The maximum absolute atomic E-state index is 12.8. The van der Waals surface area contributed by atoms with Crippen molar-refractivity contribution in [2.75, 3.05) is 19.4 Å². The van der Waals surface area contributed by atoms with Gasteiger partial charge in [-0.3, -0.25) is 9.69 Å². The zero-order valence-corrected chi connectivity index (χ0v) is 14.2. The number of hydrogen-bond donors (Lipinski definition) is 2. The molecule has 1 fully saturated rings. The van der Waals surface area contributed by atoms with Gasteiger partial charge in [0.15, 0.2) is 11.5 Å². The van der Waals surface area contributed by atoms with E-state index in [9.17, 15) is 4.79 Å². The highest BCUT2D eigenvalue weighted by Crippen LogP contribution is 2.36. The van der Waals surface area contributed by atoms with Crippen LogP contribution in [-0.2, 0) is 4.79 Å². The summed E-state index contributed by atoms with van der Waals surface area (Å²) in [5, 5.41) is 0. The van der Waals surface area contributed by atoms with Gasteiger partial charge in [0, 0.05) is 7.05 Å². The molecular formula is C18H26N4O2. The van der Waals surface area contributed by atoms with Crippen molar-refractivity contribution < 1.29 is 9.53 Å². The number of aliphatic imine (C=N–C) groups is 1. The summed E-state index contributed by atoms with van der Waals surface area (Å²) in [7, 11) is 1.67. The minimum Gasteiger partial charge on any atom is -0.488 e. The number of anilines is 1. The molecule has 1 atom stereocenters. The predicted molar refractivity (Wildman–Crippen MR) is 94.7 cm³/mol. The number of carbonyl (C=O) groups is 1. The minimum absolute atomic E-state index is 0.0833. The third kappa shape index (κ3) is 3.18. The molecular weight excluding hydrogens is 304 g/mol. The first kappa shape index (κ1) is 16.6. The van der Waals surface area contributed by atoms with Gasteiger partial charge >= 0.3 is 0 Å². The Morgan fingerprint density at radius 2 is 1.96 bits per heavy atom. The number of nitrogens with zero attached hydrogens (tertiary/aromatic N) is 2. The molecule has 0 saturated heterocycles. The van der Waals surface area contributed by atoms with E-state index in [-0.39, 0.29) is 18.5 Å². The van der Waals surface area contributed by atoms with E-state index in [0.29, 0.717) is 23.8 Å². The number of para-hydroxylation sites is 2. The topological polar surface area (TPSA) is 93.9 Å². The van der Waals surface area contributed by atoms with Crippen molar-refractivity contribution >= 4 is 17.6 Å². The highest BCUT2D eigenvalue weighted by Gasteiger charge is 2.48. The predicted octanol–water partition coefficient (Wildman–Crippen LogP) is 2.14. The van der Waals surface area contributed by atoms with Crippen LogP contribution in [0.3, 0.4) is 0 Å². The number of benzene rings is 1. The maximum Gasteiger partial charge on any atom is 0.260 e.